The van der Waals surface area contributed by atoms with E-state index in [0.717, 1.165) is 11.8 Å². The molecular formula is C13H19NO4S2. The normalized spacial score (nSPS) is 21.6. The van der Waals surface area contributed by atoms with Crippen molar-refractivity contribution in [1.82, 2.24) is 4.90 Å². The minimum atomic E-state index is -0.849. The van der Waals surface area contributed by atoms with Gasteiger partial charge < -0.3 is 14.7 Å². The molecule has 5 nitrogen and oxygen atoms in total. The number of rotatable bonds is 2. The lowest BCUT2D eigenvalue weighted by molar-refractivity contribution is -0.150. The lowest BCUT2D eigenvalue weighted by atomic mass is 9.70. The highest BCUT2D eigenvalue weighted by molar-refractivity contribution is 8.26. The number of Topliss-reactive ketones (excluding diaryl/α,β-unsaturated/α-hetero) is 1. The van der Waals surface area contributed by atoms with Gasteiger partial charge in [0.1, 0.15) is 16.0 Å². The fraction of sp³-hybridized carbons (Fsp3) is 0.615. The summed E-state index contributed by atoms with van der Waals surface area (Å²) < 4.78 is 5.18. The second-order valence-electron chi connectivity index (χ2n) is 5.52. The first-order valence-corrected chi connectivity index (χ1v) is 7.27. The number of thiocarbonyl (C=S) groups is 1. The fourth-order valence-corrected chi connectivity index (χ4v) is 3.09. The van der Waals surface area contributed by atoms with Gasteiger partial charge in [-0.3, -0.25) is 9.59 Å². The number of carbonyl (C=O) groups excluding carboxylic acids is 2. The molecule has 0 spiro atoms. The smallest absolute Gasteiger partial charge is 0.316 e. The van der Waals surface area contributed by atoms with Crippen LogP contribution in [0.25, 0.3) is 0 Å². The van der Waals surface area contributed by atoms with Gasteiger partial charge in [0.05, 0.1) is 12.0 Å². The van der Waals surface area contributed by atoms with E-state index in [1.807, 2.05) is 0 Å². The summed E-state index contributed by atoms with van der Waals surface area (Å²) in [7, 11) is 4.77. The largest absolute Gasteiger partial charge is 0.510 e. The van der Waals surface area contributed by atoms with Gasteiger partial charge in [0, 0.05) is 20.5 Å². The van der Waals surface area contributed by atoms with Crippen LogP contribution in [0.2, 0.25) is 0 Å². The molecule has 0 aromatic carbocycles. The van der Waals surface area contributed by atoms with E-state index in [0.29, 0.717) is 4.32 Å². The molecule has 0 fully saturated rings. The Bertz CT molecular complexity index is 483. The van der Waals surface area contributed by atoms with Crippen LogP contribution < -0.4 is 0 Å². The number of aliphatic hydroxyl groups is 1. The van der Waals surface area contributed by atoms with Crippen LogP contribution in [0.15, 0.2) is 10.7 Å². The molecule has 7 heteroatoms. The van der Waals surface area contributed by atoms with Crippen molar-refractivity contribution >= 4 is 40.1 Å². The first-order chi connectivity index (χ1) is 9.11. The van der Waals surface area contributed by atoms with Crippen LogP contribution >= 0.6 is 24.0 Å². The van der Waals surface area contributed by atoms with E-state index < -0.39 is 17.3 Å². The van der Waals surface area contributed by atoms with Gasteiger partial charge in [-0.15, -0.1) is 0 Å². The van der Waals surface area contributed by atoms with E-state index in [2.05, 4.69) is 0 Å². The van der Waals surface area contributed by atoms with Crippen molar-refractivity contribution in [3.05, 3.63) is 10.7 Å². The number of ether oxygens (including phenoxy) is 1. The number of hydrogen-bond acceptors (Lipinski definition) is 6. The number of thioether (sulfide) groups is 1. The minimum absolute atomic E-state index is 0.137. The maximum atomic E-state index is 12.2. The van der Waals surface area contributed by atoms with E-state index in [1.54, 1.807) is 32.8 Å². The van der Waals surface area contributed by atoms with E-state index in [-0.39, 0.29) is 22.9 Å². The molecule has 0 aliphatic heterocycles. The second kappa shape index (κ2) is 6.13. The van der Waals surface area contributed by atoms with Crippen LogP contribution in [-0.2, 0) is 14.3 Å². The second-order valence-corrected chi connectivity index (χ2v) is 7.17. The maximum Gasteiger partial charge on any atom is 0.316 e. The number of nitrogens with zero attached hydrogens (tertiary/aromatic N) is 1. The van der Waals surface area contributed by atoms with Crippen LogP contribution in [-0.4, -0.2) is 47.3 Å². The molecule has 0 bridgehead atoms. The predicted molar refractivity (Wildman–Crippen MR) is 82.4 cm³/mol. The van der Waals surface area contributed by atoms with E-state index in [1.165, 1.54) is 7.11 Å². The molecule has 1 aliphatic carbocycles. The molecule has 0 heterocycles. The van der Waals surface area contributed by atoms with E-state index in [9.17, 15) is 14.7 Å². The fourth-order valence-electron chi connectivity index (χ4n) is 2.08. The molecule has 0 aromatic rings. The summed E-state index contributed by atoms with van der Waals surface area (Å²) in [6.45, 7) is 3.52. The van der Waals surface area contributed by atoms with Crippen molar-refractivity contribution in [3.63, 3.8) is 0 Å². The van der Waals surface area contributed by atoms with Crippen molar-refractivity contribution in [1.29, 1.82) is 0 Å². The maximum absolute atomic E-state index is 12.2. The summed E-state index contributed by atoms with van der Waals surface area (Å²) >= 11 is 6.14. The number of allylic oxidation sites excluding steroid dienone is 1. The predicted octanol–water partition coefficient (Wildman–Crippen LogP) is 2.12. The molecule has 1 rings (SSSR count). The topological polar surface area (TPSA) is 66.8 Å². The number of esters is 1. The Morgan fingerprint density at radius 1 is 1.50 bits per heavy atom. The standard InChI is InChI=1S/C13H19NO4S2/c1-13(2)6-7(15)10(20-12(19)14(3)4)9(16)8(13)11(17)18-5/h8,16H,6H2,1-5H3. The number of aliphatic hydroxyl groups excluding tert-OH is 1. The first kappa shape index (κ1) is 17.0. The van der Waals surface area contributed by atoms with Gasteiger partial charge in [0.2, 0.25) is 0 Å². The van der Waals surface area contributed by atoms with Crippen molar-refractivity contribution in [2.45, 2.75) is 20.3 Å². The highest BCUT2D eigenvalue weighted by Crippen LogP contribution is 2.45. The van der Waals surface area contributed by atoms with Crippen molar-refractivity contribution in [2.75, 3.05) is 21.2 Å². The Morgan fingerprint density at radius 2 is 2.05 bits per heavy atom. The Balaban J connectivity index is 3.23. The lowest BCUT2D eigenvalue weighted by Gasteiger charge is -2.36. The minimum Gasteiger partial charge on any atom is -0.510 e. The first-order valence-electron chi connectivity index (χ1n) is 6.05. The van der Waals surface area contributed by atoms with Crippen LogP contribution in [0, 0.1) is 11.3 Å². The average Bonchev–Trinajstić information content (AvgIpc) is 2.32. The zero-order valence-corrected chi connectivity index (χ0v) is 13.9. The Labute approximate surface area is 128 Å². The molecule has 0 saturated heterocycles. The Hall–Kier alpha value is -1.08. The van der Waals surface area contributed by atoms with Gasteiger partial charge in [-0.25, -0.2) is 0 Å². The summed E-state index contributed by atoms with van der Waals surface area (Å²) in [5, 5.41) is 10.3. The van der Waals surface area contributed by atoms with Crippen LogP contribution in [0.3, 0.4) is 0 Å². The van der Waals surface area contributed by atoms with Crippen LogP contribution in [0.4, 0.5) is 0 Å². The van der Waals surface area contributed by atoms with Gasteiger partial charge in [-0.1, -0.05) is 37.8 Å². The monoisotopic (exact) mass is 317 g/mol. The van der Waals surface area contributed by atoms with E-state index >= 15 is 0 Å². The summed E-state index contributed by atoms with van der Waals surface area (Å²) in [5.41, 5.74) is -0.682. The highest BCUT2D eigenvalue weighted by Gasteiger charge is 2.47. The quantitative estimate of drug-likeness (QED) is 0.618. The van der Waals surface area contributed by atoms with Crippen LogP contribution in [0.5, 0.6) is 0 Å². The summed E-state index contributed by atoms with van der Waals surface area (Å²) in [6.07, 6.45) is 0.162. The van der Waals surface area contributed by atoms with Gasteiger partial charge >= 0.3 is 5.97 Å². The van der Waals surface area contributed by atoms with Gasteiger partial charge in [-0.2, -0.15) is 0 Å². The third kappa shape index (κ3) is 3.32. The Kier molecular flexibility index (Phi) is 5.21. The summed E-state index contributed by atoms with van der Waals surface area (Å²) in [6, 6.07) is 0. The third-order valence-electron chi connectivity index (χ3n) is 3.15. The third-order valence-corrected chi connectivity index (χ3v) is 4.94. The Morgan fingerprint density at radius 3 is 2.50 bits per heavy atom. The number of carbonyl (C=O) groups is 2. The van der Waals surface area contributed by atoms with Gasteiger partial charge in [0.15, 0.2) is 5.78 Å². The zero-order chi connectivity index (χ0) is 15.7. The molecule has 0 amide bonds. The lowest BCUT2D eigenvalue weighted by Crippen LogP contribution is -2.40. The van der Waals surface area contributed by atoms with Gasteiger partial charge in [0.25, 0.3) is 0 Å². The van der Waals surface area contributed by atoms with Gasteiger partial charge in [-0.05, 0) is 5.41 Å². The molecule has 112 valence electrons. The molecule has 20 heavy (non-hydrogen) atoms. The van der Waals surface area contributed by atoms with Crippen LogP contribution in [0.1, 0.15) is 20.3 Å². The molecule has 0 aromatic heterocycles. The van der Waals surface area contributed by atoms with Crippen molar-refractivity contribution in [3.8, 4) is 0 Å². The molecule has 1 N–H and O–H groups in total. The zero-order valence-electron chi connectivity index (χ0n) is 12.2. The molecular weight excluding hydrogens is 298 g/mol. The summed E-state index contributed by atoms with van der Waals surface area (Å²) in [4.78, 5) is 25.9. The van der Waals surface area contributed by atoms with Crippen molar-refractivity contribution < 1.29 is 19.4 Å². The summed E-state index contributed by atoms with van der Waals surface area (Å²) in [5.74, 6) is -1.85. The molecule has 1 aliphatic rings. The average molecular weight is 317 g/mol. The van der Waals surface area contributed by atoms with E-state index in [4.69, 9.17) is 17.0 Å². The molecule has 1 unspecified atom stereocenters. The number of hydrogen-bond donors (Lipinski definition) is 1. The molecule has 0 saturated carbocycles. The molecule has 0 radical (unpaired) electrons. The van der Waals surface area contributed by atoms with Crippen molar-refractivity contribution in [2.24, 2.45) is 11.3 Å². The SMILES string of the molecule is COC(=O)C1C(O)=C(SC(=S)N(C)C)C(=O)CC1(C)C. The molecule has 1 atom stereocenters. The highest BCUT2D eigenvalue weighted by atomic mass is 32.2. The number of methoxy groups -OCH3 is 1. The number of ketones is 1.